The summed E-state index contributed by atoms with van der Waals surface area (Å²) in [6, 6.07) is 19.8. The molecule has 5 nitrogen and oxygen atoms in total. The van der Waals surface area contributed by atoms with Gasteiger partial charge in [0.15, 0.2) is 11.2 Å². The van der Waals surface area contributed by atoms with E-state index in [-0.39, 0.29) is 10.7 Å². The lowest BCUT2D eigenvalue weighted by Crippen LogP contribution is -2.46. The van der Waals surface area contributed by atoms with Gasteiger partial charge < -0.3 is 4.74 Å². The minimum Gasteiger partial charge on any atom is -0.497 e. The number of carbonyl (C=O) groups excluding carboxylic acids is 1. The first-order valence-corrected chi connectivity index (χ1v) is 11.4. The summed E-state index contributed by atoms with van der Waals surface area (Å²) in [5.74, 6) is 0.199. The molecule has 0 fully saturated rings. The number of ketones is 1. The maximum atomic E-state index is 13.5. The molecule has 1 aliphatic heterocycles. The monoisotopic (exact) mass is 445 g/mol. The molecule has 0 bridgehead atoms. The Morgan fingerprint density at radius 3 is 2.38 bits per heavy atom. The van der Waals surface area contributed by atoms with E-state index in [0.29, 0.717) is 26.9 Å². The van der Waals surface area contributed by atoms with Gasteiger partial charge in [-0.1, -0.05) is 41.6 Å². The number of benzene rings is 3. The normalized spacial score (nSPS) is 17.4. The number of thioether (sulfide) groups is 1. The number of sulfonamides is 1. The van der Waals surface area contributed by atoms with Gasteiger partial charge in [0, 0.05) is 15.5 Å². The van der Waals surface area contributed by atoms with Crippen molar-refractivity contribution in [1.29, 1.82) is 0 Å². The average Bonchev–Trinajstić information content (AvgIpc) is 2.73. The third-order valence-corrected chi connectivity index (χ3v) is 8.11. The lowest BCUT2D eigenvalue weighted by molar-refractivity contribution is 0.0991. The van der Waals surface area contributed by atoms with Crippen molar-refractivity contribution in [2.75, 3.05) is 11.4 Å². The van der Waals surface area contributed by atoms with Gasteiger partial charge in [-0.15, -0.1) is 0 Å². The summed E-state index contributed by atoms with van der Waals surface area (Å²) >= 11 is 7.12. The topological polar surface area (TPSA) is 63.7 Å². The summed E-state index contributed by atoms with van der Waals surface area (Å²) < 4.78 is 33.4. The summed E-state index contributed by atoms with van der Waals surface area (Å²) in [7, 11) is -2.45. The third kappa shape index (κ3) is 3.61. The van der Waals surface area contributed by atoms with E-state index in [1.54, 1.807) is 66.7 Å². The van der Waals surface area contributed by atoms with Crippen LogP contribution in [0.4, 0.5) is 5.69 Å². The van der Waals surface area contributed by atoms with Gasteiger partial charge in [0.2, 0.25) is 0 Å². The van der Waals surface area contributed by atoms with Crippen LogP contribution in [0.1, 0.15) is 10.4 Å². The molecule has 3 aromatic rings. The van der Waals surface area contributed by atoms with Crippen molar-refractivity contribution in [1.82, 2.24) is 0 Å². The van der Waals surface area contributed by atoms with E-state index in [9.17, 15) is 13.2 Å². The molecule has 0 aliphatic carbocycles. The van der Waals surface area contributed by atoms with E-state index in [4.69, 9.17) is 16.3 Å². The summed E-state index contributed by atoms with van der Waals surface area (Å²) in [4.78, 5) is 14.0. The third-order valence-electron chi connectivity index (χ3n) is 4.50. The van der Waals surface area contributed by atoms with Gasteiger partial charge in [-0.3, -0.25) is 4.79 Å². The zero-order chi connectivity index (χ0) is 20.6. The number of nitrogens with zero attached hydrogens (tertiary/aromatic N) is 1. The van der Waals surface area contributed by atoms with Crippen LogP contribution in [0, 0.1) is 0 Å². The fraction of sp³-hybridized carbons (Fsp3) is 0.0952. The largest absolute Gasteiger partial charge is 0.497 e. The number of hydrogen-bond donors (Lipinski definition) is 0. The molecule has 1 aliphatic rings. The highest BCUT2D eigenvalue weighted by atomic mass is 35.5. The van der Waals surface area contributed by atoms with Crippen molar-refractivity contribution in [2.45, 2.75) is 15.2 Å². The fourth-order valence-electron chi connectivity index (χ4n) is 3.09. The van der Waals surface area contributed by atoms with Crippen LogP contribution in [-0.4, -0.2) is 26.7 Å². The Hall–Kier alpha value is -2.48. The van der Waals surface area contributed by atoms with Gasteiger partial charge in [-0.05, 0) is 54.6 Å². The number of anilines is 1. The Morgan fingerprint density at radius 1 is 1.03 bits per heavy atom. The van der Waals surface area contributed by atoms with Crippen LogP contribution < -0.4 is 9.04 Å². The van der Waals surface area contributed by atoms with Gasteiger partial charge in [-0.2, -0.15) is 0 Å². The molecule has 148 valence electrons. The standard InChI is InChI=1S/C21H16ClNO4S2/c1-27-17-11-12-19-18(13-17)28-21(20(24)14-7-9-15(22)10-8-14)23(29(19,25)26)16-5-3-2-4-6-16/h2-13,21H,1H3. The lowest BCUT2D eigenvalue weighted by Gasteiger charge is -2.36. The Bertz CT molecular complexity index is 1170. The molecule has 0 N–H and O–H groups in total. The number of ether oxygens (including phenoxy) is 1. The molecular formula is C21H16ClNO4S2. The van der Waals surface area contributed by atoms with Gasteiger partial charge in [0.25, 0.3) is 10.0 Å². The summed E-state index contributed by atoms with van der Waals surface area (Å²) in [6.45, 7) is 0. The van der Waals surface area contributed by atoms with Crippen LogP contribution in [0.5, 0.6) is 5.75 Å². The van der Waals surface area contributed by atoms with Crippen molar-refractivity contribution in [2.24, 2.45) is 0 Å². The van der Waals surface area contributed by atoms with E-state index in [2.05, 4.69) is 0 Å². The lowest BCUT2D eigenvalue weighted by atomic mass is 10.1. The van der Waals surface area contributed by atoms with Crippen LogP contribution >= 0.6 is 23.4 Å². The molecule has 8 heteroatoms. The number of methoxy groups -OCH3 is 1. The molecule has 1 heterocycles. The van der Waals surface area contributed by atoms with Crippen LogP contribution in [0.25, 0.3) is 0 Å². The Labute approximate surface area is 178 Å². The zero-order valence-electron chi connectivity index (χ0n) is 15.3. The van der Waals surface area contributed by atoms with Gasteiger partial charge >= 0.3 is 0 Å². The molecule has 1 unspecified atom stereocenters. The highest BCUT2D eigenvalue weighted by Crippen LogP contribution is 2.45. The molecule has 29 heavy (non-hydrogen) atoms. The molecule has 0 saturated carbocycles. The Morgan fingerprint density at radius 2 is 1.72 bits per heavy atom. The highest BCUT2D eigenvalue weighted by molar-refractivity contribution is 8.04. The average molecular weight is 446 g/mol. The van der Waals surface area contributed by atoms with E-state index < -0.39 is 15.4 Å². The van der Waals surface area contributed by atoms with Crippen LogP contribution in [-0.2, 0) is 10.0 Å². The molecule has 0 spiro atoms. The van der Waals surface area contributed by atoms with E-state index in [1.807, 2.05) is 0 Å². The molecule has 3 aromatic carbocycles. The summed E-state index contributed by atoms with van der Waals surface area (Å²) in [5, 5.41) is -0.497. The van der Waals surface area contributed by atoms with Crippen LogP contribution in [0.3, 0.4) is 0 Å². The first kappa shape index (κ1) is 19.8. The van der Waals surface area contributed by atoms with E-state index in [0.717, 1.165) is 0 Å². The van der Waals surface area contributed by atoms with Crippen molar-refractivity contribution < 1.29 is 17.9 Å². The molecule has 0 amide bonds. The number of carbonyl (C=O) groups is 1. The Kier molecular flexibility index (Phi) is 5.29. The number of rotatable bonds is 4. The van der Waals surface area contributed by atoms with Crippen molar-refractivity contribution in [3.8, 4) is 5.75 Å². The first-order valence-electron chi connectivity index (χ1n) is 8.66. The first-order chi connectivity index (χ1) is 13.9. The SMILES string of the molecule is COc1ccc2c(c1)SC(C(=O)c1ccc(Cl)cc1)N(c1ccccc1)S2(=O)=O. The minimum absolute atomic E-state index is 0.146. The molecule has 0 aromatic heterocycles. The quantitative estimate of drug-likeness (QED) is 0.536. The number of halogens is 1. The predicted octanol–water partition coefficient (Wildman–Crippen LogP) is 4.86. The second-order valence-electron chi connectivity index (χ2n) is 6.29. The van der Waals surface area contributed by atoms with Gasteiger partial charge in [0.05, 0.1) is 12.8 Å². The van der Waals surface area contributed by atoms with Crippen molar-refractivity contribution >= 4 is 44.9 Å². The minimum atomic E-state index is -3.96. The van der Waals surface area contributed by atoms with Crippen LogP contribution in [0.2, 0.25) is 5.02 Å². The molecule has 0 radical (unpaired) electrons. The second kappa shape index (κ2) is 7.74. The highest BCUT2D eigenvalue weighted by Gasteiger charge is 2.43. The molecule has 4 rings (SSSR count). The van der Waals surface area contributed by atoms with Gasteiger partial charge in [-0.25, -0.2) is 12.7 Å². The second-order valence-corrected chi connectivity index (χ2v) is 9.63. The number of para-hydroxylation sites is 1. The summed E-state index contributed by atoms with van der Waals surface area (Å²) in [6.07, 6.45) is 0. The molecular weight excluding hydrogens is 430 g/mol. The molecule has 0 saturated heterocycles. The molecule has 1 atom stereocenters. The van der Waals surface area contributed by atoms with Crippen LogP contribution in [0.15, 0.2) is 82.6 Å². The fourth-order valence-corrected chi connectivity index (χ4v) is 6.72. The number of fused-ring (bicyclic) bond motifs is 1. The van der Waals surface area contributed by atoms with Crippen molar-refractivity contribution in [3.63, 3.8) is 0 Å². The number of hydrogen-bond acceptors (Lipinski definition) is 5. The van der Waals surface area contributed by atoms with E-state index in [1.165, 1.54) is 29.2 Å². The van der Waals surface area contributed by atoms with Crippen molar-refractivity contribution in [3.05, 3.63) is 83.4 Å². The smallest absolute Gasteiger partial charge is 0.266 e. The van der Waals surface area contributed by atoms with E-state index >= 15 is 0 Å². The summed E-state index contributed by atoms with van der Waals surface area (Å²) in [5.41, 5.74) is 0.808. The maximum absolute atomic E-state index is 13.5. The predicted molar refractivity (Wildman–Crippen MR) is 115 cm³/mol. The van der Waals surface area contributed by atoms with Gasteiger partial charge in [0.1, 0.15) is 10.6 Å². The Balaban J connectivity index is 1.88. The maximum Gasteiger partial charge on any atom is 0.266 e. The number of Topliss-reactive ketones (excluding diaryl/α,β-unsaturated/α-hetero) is 1. The zero-order valence-corrected chi connectivity index (χ0v) is 17.7.